The number of unbranched alkanes of at least 4 members (excludes halogenated alkanes) is 1. The van der Waals surface area contributed by atoms with Gasteiger partial charge < -0.3 is 10.1 Å². The Morgan fingerprint density at radius 3 is 2.80 bits per heavy atom. The van der Waals surface area contributed by atoms with Crippen molar-refractivity contribution in [2.75, 3.05) is 13.7 Å². The number of halogens is 1. The first-order chi connectivity index (χ1) is 12.1. The van der Waals surface area contributed by atoms with Gasteiger partial charge >= 0.3 is 0 Å². The number of allylic oxidation sites excluding steroid dienone is 1. The van der Waals surface area contributed by atoms with Crippen LogP contribution in [-0.2, 0) is 11.3 Å². The molecule has 0 spiro atoms. The van der Waals surface area contributed by atoms with E-state index in [1.807, 2.05) is 13.0 Å². The maximum Gasteiger partial charge on any atom is 0.168 e. The molecule has 2 rings (SSSR count). The number of hydrogen-bond donors (Lipinski definition) is 1. The lowest BCUT2D eigenvalue weighted by atomic mass is 10.1. The minimum absolute atomic E-state index is 0.0213. The van der Waals surface area contributed by atoms with E-state index < -0.39 is 0 Å². The average Bonchev–Trinajstić information content (AvgIpc) is 3.07. The molecule has 1 N–H and O–H groups in total. The van der Waals surface area contributed by atoms with Gasteiger partial charge in [0.05, 0.1) is 18.7 Å². The van der Waals surface area contributed by atoms with E-state index in [-0.39, 0.29) is 18.0 Å². The van der Waals surface area contributed by atoms with Crippen molar-refractivity contribution in [2.45, 2.75) is 44.9 Å². The van der Waals surface area contributed by atoms with Gasteiger partial charge in [0.2, 0.25) is 0 Å². The molecule has 1 heterocycles. The number of tetrazole rings is 1. The fourth-order valence-corrected chi connectivity index (χ4v) is 2.52. The second-order valence-corrected chi connectivity index (χ2v) is 6.05. The van der Waals surface area contributed by atoms with Crippen molar-refractivity contribution in [3.63, 3.8) is 0 Å². The van der Waals surface area contributed by atoms with E-state index in [0.29, 0.717) is 13.1 Å². The zero-order chi connectivity index (χ0) is 18.1. The van der Waals surface area contributed by atoms with Crippen LogP contribution in [0.4, 0.5) is 4.39 Å². The van der Waals surface area contributed by atoms with Crippen LogP contribution in [0, 0.1) is 5.82 Å². The lowest BCUT2D eigenvalue weighted by Crippen LogP contribution is -2.32. The van der Waals surface area contributed by atoms with Crippen LogP contribution < -0.4 is 5.32 Å². The van der Waals surface area contributed by atoms with Gasteiger partial charge in [0.25, 0.3) is 0 Å². The van der Waals surface area contributed by atoms with E-state index in [1.54, 1.807) is 23.9 Å². The Hall–Kier alpha value is -2.12. The minimum atomic E-state index is -0.252. The van der Waals surface area contributed by atoms with Gasteiger partial charge in [-0.15, -0.1) is 11.7 Å². The maximum absolute atomic E-state index is 13.1. The third-order valence-corrected chi connectivity index (χ3v) is 4.07. The standard InChI is InChI=1S/C18H26FN5O/c1-4-5-6-7-17(20-12-14(2)25-3)18-21-22-23-24(18)13-15-8-10-16(19)11-9-15/h4,8-11,14,17,20H,1,5-7,12-13H2,2-3H3/t14-,17?/m1/s1. The molecule has 1 unspecified atom stereocenters. The van der Waals surface area contributed by atoms with Crippen molar-refractivity contribution in [2.24, 2.45) is 0 Å². The highest BCUT2D eigenvalue weighted by Crippen LogP contribution is 2.18. The van der Waals surface area contributed by atoms with Crippen LogP contribution in [-0.4, -0.2) is 40.0 Å². The normalized spacial score (nSPS) is 13.6. The first kappa shape index (κ1) is 19.2. The zero-order valence-electron chi connectivity index (χ0n) is 14.9. The summed E-state index contributed by atoms with van der Waals surface area (Å²) in [6, 6.07) is 6.40. The number of hydrogen-bond acceptors (Lipinski definition) is 5. The molecule has 2 atom stereocenters. The van der Waals surface area contributed by atoms with Crippen LogP contribution in [0.2, 0.25) is 0 Å². The van der Waals surface area contributed by atoms with Crippen molar-refractivity contribution in [3.8, 4) is 0 Å². The van der Waals surface area contributed by atoms with Crippen LogP contribution in [0.1, 0.15) is 43.6 Å². The summed E-state index contributed by atoms with van der Waals surface area (Å²) >= 11 is 0. The molecule has 0 fully saturated rings. The summed E-state index contributed by atoms with van der Waals surface area (Å²) in [6.45, 7) is 6.99. The molecule has 0 aliphatic heterocycles. The molecular weight excluding hydrogens is 321 g/mol. The second-order valence-electron chi connectivity index (χ2n) is 6.05. The highest BCUT2D eigenvalue weighted by atomic mass is 19.1. The molecule has 0 radical (unpaired) electrons. The Morgan fingerprint density at radius 1 is 1.36 bits per heavy atom. The van der Waals surface area contributed by atoms with Crippen molar-refractivity contribution < 1.29 is 9.13 Å². The molecule has 6 nitrogen and oxygen atoms in total. The molecule has 0 aliphatic carbocycles. The number of methoxy groups -OCH3 is 1. The fourth-order valence-electron chi connectivity index (χ4n) is 2.52. The molecule has 0 saturated carbocycles. The smallest absolute Gasteiger partial charge is 0.168 e. The fraction of sp³-hybridized carbons (Fsp3) is 0.500. The predicted octanol–water partition coefficient (Wildman–Crippen LogP) is 2.88. The molecule has 136 valence electrons. The summed E-state index contributed by atoms with van der Waals surface area (Å²) in [5.74, 6) is 0.523. The number of aromatic nitrogens is 4. The van der Waals surface area contributed by atoms with Gasteiger partial charge in [0.15, 0.2) is 5.82 Å². The Labute approximate surface area is 148 Å². The molecular formula is C18H26FN5O. The number of nitrogens with one attached hydrogen (secondary N) is 1. The molecule has 1 aromatic carbocycles. The van der Waals surface area contributed by atoms with Crippen LogP contribution in [0.15, 0.2) is 36.9 Å². The van der Waals surface area contributed by atoms with Gasteiger partial charge in [-0.05, 0) is 54.3 Å². The van der Waals surface area contributed by atoms with Crippen LogP contribution in [0.3, 0.4) is 0 Å². The number of benzene rings is 1. The van der Waals surface area contributed by atoms with Gasteiger partial charge in [-0.3, -0.25) is 0 Å². The van der Waals surface area contributed by atoms with E-state index in [9.17, 15) is 4.39 Å². The molecule has 0 aliphatic rings. The Kier molecular flexibility index (Phi) is 7.69. The van der Waals surface area contributed by atoms with Gasteiger partial charge in [-0.1, -0.05) is 18.2 Å². The quantitative estimate of drug-likeness (QED) is 0.500. The summed E-state index contributed by atoms with van der Waals surface area (Å²) < 4.78 is 20.1. The number of nitrogens with zero attached hydrogens (tertiary/aromatic N) is 4. The van der Waals surface area contributed by atoms with Gasteiger partial charge in [0, 0.05) is 13.7 Å². The first-order valence-corrected chi connectivity index (χ1v) is 8.51. The topological polar surface area (TPSA) is 64.9 Å². The molecule has 0 bridgehead atoms. The van der Waals surface area contributed by atoms with Gasteiger partial charge in [0.1, 0.15) is 5.82 Å². The van der Waals surface area contributed by atoms with Crippen LogP contribution >= 0.6 is 0 Å². The van der Waals surface area contributed by atoms with Gasteiger partial charge in [-0.2, -0.15) is 0 Å². The van der Waals surface area contributed by atoms with Crippen LogP contribution in [0.5, 0.6) is 0 Å². The lowest BCUT2D eigenvalue weighted by Gasteiger charge is -2.20. The van der Waals surface area contributed by atoms with Crippen molar-refractivity contribution in [1.29, 1.82) is 0 Å². The Balaban J connectivity index is 2.11. The average molecular weight is 347 g/mol. The van der Waals surface area contributed by atoms with E-state index >= 15 is 0 Å². The van der Waals surface area contributed by atoms with Crippen LogP contribution in [0.25, 0.3) is 0 Å². The highest BCUT2D eigenvalue weighted by molar-refractivity contribution is 5.16. The van der Waals surface area contributed by atoms with E-state index in [4.69, 9.17) is 4.74 Å². The van der Waals surface area contributed by atoms with Crippen molar-refractivity contribution >= 4 is 0 Å². The molecule has 2 aromatic rings. The van der Waals surface area contributed by atoms with Gasteiger partial charge in [-0.25, -0.2) is 9.07 Å². The SMILES string of the molecule is C=CCCCC(NC[C@@H](C)OC)c1nnnn1Cc1ccc(F)cc1. The molecule has 0 saturated heterocycles. The van der Waals surface area contributed by atoms with E-state index in [1.165, 1.54) is 12.1 Å². The Bertz CT molecular complexity index is 643. The number of ether oxygens (including phenoxy) is 1. The summed E-state index contributed by atoms with van der Waals surface area (Å²) in [5, 5.41) is 15.6. The minimum Gasteiger partial charge on any atom is -0.380 e. The summed E-state index contributed by atoms with van der Waals surface area (Å²) in [4.78, 5) is 0. The molecule has 25 heavy (non-hydrogen) atoms. The first-order valence-electron chi connectivity index (χ1n) is 8.51. The predicted molar refractivity (Wildman–Crippen MR) is 94.6 cm³/mol. The second kappa shape index (κ2) is 10.0. The molecule has 7 heteroatoms. The number of rotatable bonds is 11. The zero-order valence-corrected chi connectivity index (χ0v) is 14.9. The van der Waals surface area contributed by atoms with E-state index in [0.717, 1.165) is 30.7 Å². The summed E-state index contributed by atoms with van der Waals surface area (Å²) in [6.07, 6.45) is 4.84. The summed E-state index contributed by atoms with van der Waals surface area (Å²) in [7, 11) is 1.69. The summed E-state index contributed by atoms with van der Waals surface area (Å²) in [5.41, 5.74) is 0.949. The van der Waals surface area contributed by atoms with E-state index in [2.05, 4.69) is 27.4 Å². The van der Waals surface area contributed by atoms with Crippen molar-refractivity contribution in [3.05, 3.63) is 54.1 Å². The molecule has 0 amide bonds. The lowest BCUT2D eigenvalue weighted by molar-refractivity contribution is 0.113. The van der Waals surface area contributed by atoms with Crippen molar-refractivity contribution in [1.82, 2.24) is 25.5 Å². The largest absolute Gasteiger partial charge is 0.380 e. The highest BCUT2D eigenvalue weighted by Gasteiger charge is 2.19. The molecule has 1 aromatic heterocycles. The third-order valence-electron chi connectivity index (χ3n) is 4.07. The monoisotopic (exact) mass is 347 g/mol. The third kappa shape index (κ3) is 6.03. The maximum atomic E-state index is 13.1. The Morgan fingerprint density at radius 2 is 2.12 bits per heavy atom.